The number of aryl methyl sites for hydroxylation is 1. The van der Waals surface area contributed by atoms with E-state index in [4.69, 9.17) is 0 Å². The molecule has 0 unspecified atom stereocenters. The van der Waals surface area contributed by atoms with Crippen LogP contribution in [0.1, 0.15) is 27.2 Å². The Labute approximate surface area is 185 Å². The first kappa shape index (κ1) is 20.6. The quantitative estimate of drug-likeness (QED) is 0.508. The molecule has 0 bridgehead atoms. The summed E-state index contributed by atoms with van der Waals surface area (Å²) in [6, 6.07) is 8.23. The summed E-state index contributed by atoms with van der Waals surface area (Å²) in [5, 5.41) is 19.6. The minimum Gasteiger partial charge on any atom is -0.504 e. The van der Waals surface area contributed by atoms with E-state index in [0.29, 0.717) is 11.4 Å². The second-order valence-corrected chi connectivity index (χ2v) is 9.59. The average Bonchev–Trinajstić information content (AvgIpc) is 3.34. The van der Waals surface area contributed by atoms with Gasteiger partial charge < -0.3 is 15.3 Å². The molecule has 3 heterocycles. The Morgan fingerprint density at radius 1 is 1.19 bits per heavy atom. The molecular formula is C24H27FN6O. The Morgan fingerprint density at radius 3 is 2.78 bits per heavy atom. The second kappa shape index (κ2) is 7.41. The molecule has 1 fully saturated rings. The zero-order chi connectivity index (χ0) is 22.6. The van der Waals surface area contributed by atoms with Gasteiger partial charge in [-0.05, 0) is 51.5 Å². The summed E-state index contributed by atoms with van der Waals surface area (Å²) in [5.41, 5.74) is 2.36. The van der Waals surface area contributed by atoms with E-state index in [2.05, 4.69) is 58.2 Å². The van der Waals surface area contributed by atoms with Crippen LogP contribution in [0.3, 0.4) is 0 Å². The molecule has 1 aliphatic heterocycles. The minimum atomic E-state index is -0.760. The number of halogens is 1. The first-order valence-electron chi connectivity index (χ1n) is 10.8. The number of hydrogen-bond acceptors (Lipinski definition) is 6. The third-order valence-electron chi connectivity index (χ3n) is 5.82. The van der Waals surface area contributed by atoms with Gasteiger partial charge in [0.2, 0.25) is 0 Å². The summed E-state index contributed by atoms with van der Waals surface area (Å²) in [6.45, 7) is 8.53. The van der Waals surface area contributed by atoms with Gasteiger partial charge in [-0.1, -0.05) is 0 Å². The first-order valence-corrected chi connectivity index (χ1v) is 10.8. The van der Waals surface area contributed by atoms with Crippen molar-refractivity contribution in [1.29, 1.82) is 0 Å². The predicted octanol–water partition coefficient (Wildman–Crippen LogP) is 4.00. The molecule has 7 nitrogen and oxygen atoms in total. The summed E-state index contributed by atoms with van der Waals surface area (Å²) in [7, 11) is 1.71. The fraction of sp³-hybridized carbons (Fsp3) is 0.375. The number of rotatable bonds is 3. The maximum absolute atomic E-state index is 14.6. The molecule has 1 atom stereocenters. The number of phenols is 1. The van der Waals surface area contributed by atoms with E-state index in [1.165, 1.54) is 4.68 Å². The van der Waals surface area contributed by atoms with Crippen LogP contribution in [0.25, 0.3) is 33.2 Å². The lowest BCUT2D eigenvalue weighted by Gasteiger charge is -2.26. The summed E-state index contributed by atoms with van der Waals surface area (Å²) >= 11 is 0. The zero-order valence-electron chi connectivity index (χ0n) is 18.7. The van der Waals surface area contributed by atoms with E-state index in [-0.39, 0.29) is 22.4 Å². The fourth-order valence-corrected chi connectivity index (χ4v) is 4.48. The predicted molar refractivity (Wildman–Crippen MR) is 124 cm³/mol. The van der Waals surface area contributed by atoms with Crippen LogP contribution in [0.15, 0.2) is 36.7 Å². The van der Waals surface area contributed by atoms with E-state index in [0.717, 1.165) is 36.1 Å². The monoisotopic (exact) mass is 434 g/mol. The topological polar surface area (TPSA) is 79.1 Å². The highest BCUT2D eigenvalue weighted by Gasteiger charge is 2.26. The lowest BCUT2D eigenvalue weighted by Crippen LogP contribution is -2.44. The van der Waals surface area contributed by atoms with Crippen LogP contribution < -0.4 is 10.2 Å². The second-order valence-electron chi connectivity index (χ2n) is 9.59. The van der Waals surface area contributed by atoms with Gasteiger partial charge in [0, 0.05) is 60.6 Å². The molecule has 0 saturated carbocycles. The zero-order valence-corrected chi connectivity index (χ0v) is 18.7. The maximum atomic E-state index is 14.6. The van der Waals surface area contributed by atoms with Gasteiger partial charge in [-0.15, -0.1) is 0 Å². The number of nitrogens with zero attached hydrogens (tertiary/aromatic N) is 5. The van der Waals surface area contributed by atoms with Crippen LogP contribution in [0.5, 0.6) is 5.75 Å². The Morgan fingerprint density at radius 2 is 2.00 bits per heavy atom. The molecule has 0 aliphatic carbocycles. The van der Waals surface area contributed by atoms with Crippen molar-refractivity contribution in [3.63, 3.8) is 0 Å². The van der Waals surface area contributed by atoms with Gasteiger partial charge in [-0.3, -0.25) is 4.68 Å². The first-order chi connectivity index (χ1) is 15.2. The van der Waals surface area contributed by atoms with Gasteiger partial charge in [-0.2, -0.15) is 5.10 Å². The van der Waals surface area contributed by atoms with E-state index >= 15 is 0 Å². The van der Waals surface area contributed by atoms with E-state index in [1.807, 2.05) is 6.07 Å². The molecule has 0 amide bonds. The number of aromatic hydroxyl groups is 1. The molecule has 2 aromatic carbocycles. The number of hydrogen-bond donors (Lipinski definition) is 2. The Kier molecular flexibility index (Phi) is 4.78. The number of nitrogens with one attached hydrogen (secondary N) is 1. The van der Waals surface area contributed by atoms with Gasteiger partial charge in [0.15, 0.2) is 17.4 Å². The van der Waals surface area contributed by atoms with E-state index in [9.17, 15) is 9.50 Å². The smallest absolute Gasteiger partial charge is 0.193 e. The molecule has 0 spiro atoms. The number of anilines is 1. The van der Waals surface area contributed by atoms with E-state index < -0.39 is 11.6 Å². The Balaban J connectivity index is 1.45. The van der Waals surface area contributed by atoms with Crippen molar-refractivity contribution in [2.24, 2.45) is 7.05 Å². The van der Waals surface area contributed by atoms with Gasteiger partial charge >= 0.3 is 0 Å². The number of aromatic nitrogens is 4. The molecule has 0 radical (unpaired) electrons. The van der Waals surface area contributed by atoms with Crippen molar-refractivity contribution in [3.8, 4) is 17.1 Å². The molecule has 32 heavy (non-hydrogen) atoms. The van der Waals surface area contributed by atoms with Crippen molar-refractivity contribution >= 4 is 27.5 Å². The molecular weight excluding hydrogens is 407 g/mol. The normalized spacial score (nSPS) is 17.0. The standard InChI is InChI=1S/C24H27FN6O/c1-24(2,3)28-16-7-8-31(13-16)17-5-6-19-14(9-17)11-26-23(27-19)18-10-15-12-30(4)29-21(15)20(25)22(18)32/h5-6,9-12,16,28,32H,7-8,13H2,1-4H3/t16-/m0/s1. The molecule has 8 heteroatoms. The Hall–Kier alpha value is -3.26. The lowest BCUT2D eigenvalue weighted by atomic mass is 10.1. The summed E-state index contributed by atoms with van der Waals surface area (Å²) in [5.74, 6) is -0.964. The molecule has 4 aromatic rings. The number of benzene rings is 2. The van der Waals surface area contributed by atoms with Gasteiger partial charge in [0.05, 0.1) is 11.1 Å². The highest BCUT2D eigenvalue weighted by atomic mass is 19.1. The molecule has 2 N–H and O–H groups in total. The van der Waals surface area contributed by atoms with Crippen molar-refractivity contribution in [1.82, 2.24) is 25.1 Å². The van der Waals surface area contributed by atoms with Gasteiger partial charge in [0.25, 0.3) is 0 Å². The van der Waals surface area contributed by atoms with Crippen LogP contribution in [-0.4, -0.2) is 49.5 Å². The van der Waals surface area contributed by atoms with Crippen LogP contribution in [0.4, 0.5) is 10.1 Å². The van der Waals surface area contributed by atoms with Crippen molar-refractivity contribution < 1.29 is 9.50 Å². The van der Waals surface area contributed by atoms with Crippen LogP contribution in [0, 0.1) is 5.82 Å². The highest BCUT2D eigenvalue weighted by Crippen LogP contribution is 2.35. The minimum absolute atomic E-state index is 0.0954. The summed E-state index contributed by atoms with van der Waals surface area (Å²) < 4.78 is 16.2. The van der Waals surface area contributed by atoms with Crippen LogP contribution >= 0.6 is 0 Å². The third kappa shape index (κ3) is 3.75. The van der Waals surface area contributed by atoms with Crippen molar-refractivity contribution in [2.45, 2.75) is 38.8 Å². The largest absolute Gasteiger partial charge is 0.504 e. The van der Waals surface area contributed by atoms with Gasteiger partial charge in [0.1, 0.15) is 5.52 Å². The maximum Gasteiger partial charge on any atom is 0.193 e. The third-order valence-corrected chi connectivity index (χ3v) is 5.82. The molecule has 166 valence electrons. The van der Waals surface area contributed by atoms with Crippen molar-refractivity contribution in [2.75, 3.05) is 18.0 Å². The highest BCUT2D eigenvalue weighted by molar-refractivity contribution is 5.89. The summed E-state index contributed by atoms with van der Waals surface area (Å²) in [4.78, 5) is 11.4. The van der Waals surface area contributed by atoms with Gasteiger partial charge in [-0.25, -0.2) is 14.4 Å². The molecule has 1 saturated heterocycles. The SMILES string of the molecule is Cn1cc2cc(-c3ncc4cc(N5CC[C@H](NC(C)(C)C)C5)ccc4n3)c(O)c(F)c2n1. The van der Waals surface area contributed by atoms with E-state index in [1.54, 1.807) is 25.5 Å². The number of phenolic OH excluding ortho intramolecular Hbond substituents is 1. The van der Waals surface area contributed by atoms with Crippen molar-refractivity contribution in [3.05, 3.63) is 42.5 Å². The molecule has 1 aliphatic rings. The van der Waals surface area contributed by atoms with Crippen LogP contribution in [0.2, 0.25) is 0 Å². The molecule has 5 rings (SSSR count). The lowest BCUT2D eigenvalue weighted by molar-refractivity contribution is 0.373. The molecule has 2 aromatic heterocycles. The fourth-order valence-electron chi connectivity index (χ4n) is 4.48. The number of fused-ring (bicyclic) bond motifs is 2. The van der Waals surface area contributed by atoms with Crippen LogP contribution in [-0.2, 0) is 7.05 Å². The Bertz CT molecular complexity index is 1330. The average molecular weight is 435 g/mol. The summed E-state index contributed by atoms with van der Waals surface area (Å²) in [6.07, 6.45) is 4.53.